The van der Waals surface area contributed by atoms with E-state index in [4.69, 9.17) is 14.6 Å². The van der Waals surface area contributed by atoms with E-state index < -0.39 is 0 Å². The van der Waals surface area contributed by atoms with Gasteiger partial charge in [-0.1, -0.05) is 24.3 Å². The SMILES string of the molecule is COc1ccc([C@@H]2Oc3ccccc3[C@H]3CC(c4cccnc4)=NN32)cc1. The number of fused-ring (bicyclic) bond motifs is 3. The van der Waals surface area contributed by atoms with Crippen molar-refractivity contribution in [1.29, 1.82) is 0 Å². The van der Waals surface area contributed by atoms with Crippen molar-refractivity contribution >= 4 is 5.71 Å². The molecule has 0 N–H and O–H groups in total. The van der Waals surface area contributed by atoms with Crippen LogP contribution in [0.3, 0.4) is 0 Å². The van der Waals surface area contributed by atoms with E-state index in [1.165, 1.54) is 5.56 Å². The average molecular weight is 357 g/mol. The zero-order valence-electron chi connectivity index (χ0n) is 14.9. The quantitative estimate of drug-likeness (QED) is 0.700. The third-order valence-corrected chi connectivity index (χ3v) is 5.09. The second-order valence-corrected chi connectivity index (χ2v) is 6.67. The number of para-hydroxylation sites is 1. The van der Waals surface area contributed by atoms with Crippen molar-refractivity contribution in [3.05, 3.63) is 89.7 Å². The normalized spacial score (nSPS) is 20.3. The van der Waals surface area contributed by atoms with Gasteiger partial charge in [0.2, 0.25) is 6.23 Å². The van der Waals surface area contributed by atoms with Crippen molar-refractivity contribution < 1.29 is 9.47 Å². The molecule has 2 atom stereocenters. The van der Waals surface area contributed by atoms with Gasteiger partial charge in [0.15, 0.2) is 0 Å². The van der Waals surface area contributed by atoms with Gasteiger partial charge in [0.25, 0.3) is 0 Å². The van der Waals surface area contributed by atoms with Gasteiger partial charge in [0, 0.05) is 35.5 Å². The number of hydrazone groups is 1. The van der Waals surface area contributed by atoms with Crippen LogP contribution in [0.5, 0.6) is 11.5 Å². The molecule has 2 aliphatic heterocycles. The molecule has 0 saturated carbocycles. The fourth-order valence-corrected chi connectivity index (χ4v) is 3.73. The maximum absolute atomic E-state index is 6.35. The molecule has 2 aliphatic rings. The van der Waals surface area contributed by atoms with Crippen LogP contribution >= 0.6 is 0 Å². The number of methoxy groups -OCH3 is 1. The van der Waals surface area contributed by atoms with E-state index >= 15 is 0 Å². The number of rotatable bonds is 3. The number of benzene rings is 2. The fraction of sp³-hybridized carbons (Fsp3) is 0.182. The number of ether oxygens (including phenoxy) is 2. The average Bonchev–Trinajstić information content (AvgIpc) is 3.20. The predicted molar refractivity (Wildman–Crippen MR) is 103 cm³/mol. The summed E-state index contributed by atoms with van der Waals surface area (Å²) in [5.74, 6) is 1.75. The number of nitrogens with zero attached hydrogens (tertiary/aromatic N) is 3. The monoisotopic (exact) mass is 357 g/mol. The molecule has 5 nitrogen and oxygen atoms in total. The summed E-state index contributed by atoms with van der Waals surface area (Å²) in [6, 6.07) is 20.3. The number of aromatic nitrogens is 1. The molecule has 27 heavy (non-hydrogen) atoms. The first-order valence-corrected chi connectivity index (χ1v) is 8.99. The lowest BCUT2D eigenvalue weighted by molar-refractivity contribution is -0.0190. The molecule has 0 unspecified atom stereocenters. The Kier molecular flexibility index (Phi) is 3.78. The smallest absolute Gasteiger partial charge is 0.213 e. The van der Waals surface area contributed by atoms with Crippen LogP contribution in [-0.2, 0) is 0 Å². The van der Waals surface area contributed by atoms with Gasteiger partial charge in [-0.15, -0.1) is 0 Å². The Bertz CT molecular complexity index is 986. The lowest BCUT2D eigenvalue weighted by Gasteiger charge is -2.38. The Morgan fingerprint density at radius 1 is 1.04 bits per heavy atom. The van der Waals surface area contributed by atoms with Gasteiger partial charge in [-0.3, -0.25) is 4.98 Å². The van der Waals surface area contributed by atoms with Gasteiger partial charge in [0.05, 0.1) is 18.9 Å². The molecule has 5 rings (SSSR count). The first-order valence-electron chi connectivity index (χ1n) is 8.99. The number of pyridine rings is 1. The molecular formula is C22H19N3O2. The minimum Gasteiger partial charge on any atom is -0.497 e. The standard InChI is InChI=1S/C22H19N3O2/c1-26-17-10-8-15(9-11-17)22-25-20(18-6-2-3-7-21(18)27-22)13-19(24-25)16-5-4-12-23-14-16/h2-12,14,20,22H,13H2,1H3/t20-,22+/m1/s1. The van der Waals surface area contributed by atoms with Crippen LogP contribution < -0.4 is 9.47 Å². The first-order chi connectivity index (χ1) is 13.3. The predicted octanol–water partition coefficient (Wildman–Crippen LogP) is 4.33. The Labute approximate surface area is 157 Å². The fourth-order valence-electron chi connectivity index (χ4n) is 3.73. The third-order valence-electron chi connectivity index (χ3n) is 5.09. The van der Waals surface area contributed by atoms with E-state index in [-0.39, 0.29) is 12.3 Å². The Morgan fingerprint density at radius 3 is 2.67 bits per heavy atom. The van der Waals surface area contributed by atoms with E-state index in [2.05, 4.69) is 28.2 Å². The van der Waals surface area contributed by atoms with E-state index in [1.807, 2.05) is 48.7 Å². The summed E-state index contributed by atoms with van der Waals surface area (Å²) in [4.78, 5) is 4.24. The van der Waals surface area contributed by atoms with Gasteiger partial charge in [-0.2, -0.15) is 5.10 Å². The summed E-state index contributed by atoms with van der Waals surface area (Å²) in [5.41, 5.74) is 4.31. The summed E-state index contributed by atoms with van der Waals surface area (Å²) in [7, 11) is 1.67. The van der Waals surface area contributed by atoms with Crippen molar-refractivity contribution in [1.82, 2.24) is 9.99 Å². The van der Waals surface area contributed by atoms with E-state index in [0.29, 0.717) is 0 Å². The second kappa shape index (κ2) is 6.43. The highest BCUT2D eigenvalue weighted by Gasteiger charge is 2.40. The van der Waals surface area contributed by atoms with Crippen LogP contribution in [0.2, 0.25) is 0 Å². The molecule has 3 aromatic rings. The molecule has 0 saturated heterocycles. The topological polar surface area (TPSA) is 47.0 Å². The van der Waals surface area contributed by atoms with Crippen LogP contribution in [0.25, 0.3) is 0 Å². The van der Waals surface area contributed by atoms with Crippen molar-refractivity contribution in [3.8, 4) is 11.5 Å². The maximum atomic E-state index is 6.35. The van der Waals surface area contributed by atoms with Crippen LogP contribution in [0.15, 0.2) is 78.2 Å². The molecule has 0 radical (unpaired) electrons. The molecular weight excluding hydrogens is 338 g/mol. The van der Waals surface area contributed by atoms with Crippen LogP contribution in [0.4, 0.5) is 0 Å². The van der Waals surface area contributed by atoms with Crippen molar-refractivity contribution in [2.45, 2.75) is 18.7 Å². The third kappa shape index (κ3) is 2.72. The highest BCUT2D eigenvalue weighted by Crippen LogP contribution is 2.47. The van der Waals surface area contributed by atoms with E-state index in [1.54, 1.807) is 13.3 Å². The number of hydrogen-bond acceptors (Lipinski definition) is 5. The van der Waals surface area contributed by atoms with Gasteiger partial charge >= 0.3 is 0 Å². The lowest BCUT2D eigenvalue weighted by atomic mass is 9.96. The summed E-state index contributed by atoms with van der Waals surface area (Å²) < 4.78 is 11.6. The van der Waals surface area contributed by atoms with E-state index in [9.17, 15) is 0 Å². The Morgan fingerprint density at radius 2 is 1.89 bits per heavy atom. The highest BCUT2D eigenvalue weighted by atomic mass is 16.5. The molecule has 0 aliphatic carbocycles. The minimum atomic E-state index is -0.273. The molecule has 3 heterocycles. The first kappa shape index (κ1) is 15.9. The number of hydrogen-bond donors (Lipinski definition) is 0. The Hall–Kier alpha value is -3.34. The summed E-state index contributed by atoms with van der Waals surface area (Å²) in [5, 5.41) is 7.01. The van der Waals surface area contributed by atoms with Crippen molar-refractivity contribution in [3.63, 3.8) is 0 Å². The van der Waals surface area contributed by atoms with Crippen LogP contribution in [-0.4, -0.2) is 22.8 Å². The van der Waals surface area contributed by atoms with Gasteiger partial charge in [-0.25, -0.2) is 5.01 Å². The summed E-state index contributed by atoms with van der Waals surface area (Å²) in [6.45, 7) is 0. The molecule has 5 heteroatoms. The maximum Gasteiger partial charge on any atom is 0.213 e. The molecule has 0 amide bonds. The van der Waals surface area contributed by atoms with Gasteiger partial charge in [0.1, 0.15) is 11.5 Å². The molecule has 0 bridgehead atoms. The van der Waals surface area contributed by atoms with Crippen LogP contribution in [0.1, 0.15) is 35.4 Å². The summed E-state index contributed by atoms with van der Waals surface area (Å²) in [6.07, 6.45) is 4.21. The molecule has 0 fully saturated rings. The van der Waals surface area contributed by atoms with Crippen LogP contribution in [0, 0.1) is 0 Å². The lowest BCUT2D eigenvalue weighted by Crippen LogP contribution is -2.33. The Balaban J connectivity index is 1.57. The highest BCUT2D eigenvalue weighted by molar-refractivity contribution is 6.01. The van der Waals surface area contributed by atoms with E-state index in [0.717, 1.165) is 34.8 Å². The van der Waals surface area contributed by atoms with Gasteiger partial charge in [-0.05, 0) is 36.4 Å². The molecule has 134 valence electrons. The summed E-state index contributed by atoms with van der Waals surface area (Å²) >= 11 is 0. The molecule has 0 spiro atoms. The molecule has 2 aromatic carbocycles. The van der Waals surface area contributed by atoms with Crippen molar-refractivity contribution in [2.24, 2.45) is 5.10 Å². The molecule has 1 aromatic heterocycles. The largest absolute Gasteiger partial charge is 0.497 e. The van der Waals surface area contributed by atoms with Gasteiger partial charge < -0.3 is 9.47 Å². The zero-order valence-corrected chi connectivity index (χ0v) is 14.9. The second-order valence-electron chi connectivity index (χ2n) is 6.67. The van der Waals surface area contributed by atoms with Crippen molar-refractivity contribution in [2.75, 3.05) is 7.11 Å². The zero-order chi connectivity index (χ0) is 18.2. The minimum absolute atomic E-state index is 0.150.